The zero-order chi connectivity index (χ0) is 18.4. The first kappa shape index (κ1) is 18.7. The molecule has 2 fully saturated rings. The number of hydrogen-bond donors (Lipinski definition) is 2. The van der Waals surface area contributed by atoms with Crippen molar-refractivity contribution in [2.75, 3.05) is 25.0 Å². The Kier molecular flexibility index (Phi) is 6.47. The van der Waals surface area contributed by atoms with Crippen molar-refractivity contribution in [1.82, 2.24) is 15.2 Å². The van der Waals surface area contributed by atoms with E-state index < -0.39 is 0 Å². The highest BCUT2D eigenvalue weighted by atomic mass is 16.2. The molecule has 6 heteroatoms. The fraction of sp³-hybridized carbons (Fsp3) is 0.650. The van der Waals surface area contributed by atoms with Gasteiger partial charge >= 0.3 is 0 Å². The summed E-state index contributed by atoms with van der Waals surface area (Å²) in [7, 11) is 0. The number of likely N-dealkylation sites (tertiary alicyclic amines) is 1. The topological polar surface area (TPSA) is 74.3 Å². The number of nitrogens with one attached hydrogen (secondary N) is 2. The van der Waals surface area contributed by atoms with Crippen LogP contribution in [0, 0.1) is 12.8 Å². The minimum absolute atomic E-state index is 0.0140. The van der Waals surface area contributed by atoms with Gasteiger partial charge in [0.15, 0.2) is 0 Å². The first-order valence-electron chi connectivity index (χ1n) is 9.89. The van der Waals surface area contributed by atoms with E-state index in [1.54, 1.807) is 6.20 Å². The summed E-state index contributed by atoms with van der Waals surface area (Å²) in [5.74, 6) is 0.321. The van der Waals surface area contributed by atoms with Crippen LogP contribution in [0.25, 0.3) is 0 Å². The van der Waals surface area contributed by atoms with E-state index in [-0.39, 0.29) is 23.8 Å². The number of pyridine rings is 1. The predicted octanol–water partition coefficient (Wildman–Crippen LogP) is 2.49. The molecule has 142 valence electrons. The van der Waals surface area contributed by atoms with Crippen molar-refractivity contribution in [2.45, 2.75) is 57.9 Å². The predicted molar refractivity (Wildman–Crippen MR) is 102 cm³/mol. The monoisotopic (exact) mass is 358 g/mol. The number of amides is 2. The molecule has 1 aromatic rings. The van der Waals surface area contributed by atoms with E-state index in [4.69, 9.17) is 0 Å². The van der Waals surface area contributed by atoms with Crippen LogP contribution in [0.15, 0.2) is 18.5 Å². The van der Waals surface area contributed by atoms with Gasteiger partial charge in [-0.1, -0.05) is 19.3 Å². The number of hydrogen-bond acceptors (Lipinski definition) is 4. The molecule has 1 aromatic heterocycles. The molecule has 0 spiro atoms. The van der Waals surface area contributed by atoms with Crippen molar-refractivity contribution in [2.24, 2.45) is 5.92 Å². The second-order valence-corrected chi connectivity index (χ2v) is 7.43. The molecule has 0 radical (unpaired) electrons. The normalized spacial score (nSPS) is 20.8. The Hall–Kier alpha value is -2.11. The van der Waals surface area contributed by atoms with Crippen LogP contribution in [0.4, 0.5) is 5.69 Å². The largest absolute Gasteiger partial charge is 0.383 e. The summed E-state index contributed by atoms with van der Waals surface area (Å²) in [6.07, 6.45) is 10.7. The van der Waals surface area contributed by atoms with Crippen LogP contribution >= 0.6 is 0 Å². The van der Waals surface area contributed by atoms with E-state index in [9.17, 15) is 9.59 Å². The van der Waals surface area contributed by atoms with E-state index in [0.29, 0.717) is 13.1 Å². The van der Waals surface area contributed by atoms with Gasteiger partial charge in [-0.2, -0.15) is 0 Å². The summed E-state index contributed by atoms with van der Waals surface area (Å²) in [5, 5.41) is 6.30. The number of carbonyl (C=O) groups excluding carboxylic acids is 2. The number of aryl methyl sites for hydroxylation is 1. The first-order chi connectivity index (χ1) is 12.7. The Bertz CT molecular complexity index is 628. The highest BCUT2D eigenvalue weighted by Crippen LogP contribution is 2.28. The molecule has 1 saturated carbocycles. The molecule has 0 unspecified atom stereocenters. The number of rotatable bonds is 6. The van der Waals surface area contributed by atoms with E-state index in [1.807, 2.05) is 24.1 Å². The van der Waals surface area contributed by atoms with Crippen molar-refractivity contribution >= 4 is 17.5 Å². The minimum Gasteiger partial charge on any atom is -0.383 e. The summed E-state index contributed by atoms with van der Waals surface area (Å²) in [6, 6.07) is 1.64. The number of aromatic nitrogens is 1. The minimum atomic E-state index is -0.285. The molecule has 26 heavy (non-hydrogen) atoms. The van der Waals surface area contributed by atoms with E-state index >= 15 is 0 Å². The zero-order valence-electron chi connectivity index (χ0n) is 15.7. The Balaban J connectivity index is 1.45. The third kappa shape index (κ3) is 4.54. The Labute approximate surface area is 155 Å². The lowest BCUT2D eigenvalue weighted by Gasteiger charge is -2.30. The lowest BCUT2D eigenvalue weighted by atomic mass is 9.88. The van der Waals surface area contributed by atoms with Gasteiger partial charge in [-0.25, -0.2) is 0 Å². The Morgan fingerprint density at radius 3 is 2.73 bits per heavy atom. The average Bonchev–Trinajstić information content (AvgIpc) is 3.16. The second kappa shape index (κ2) is 9.01. The first-order valence-corrected chi connectivity index (χ1v) is 9.89. The van der Waals surface area contributed by atoms with Crippen LogP contribution in [0.3, 0.4) is 0 Å². The van der Waals surface area contributed by atoms with E-state index in [2.05, 4.69) is 15.6 Å². The molecule has 1 aliphatic carbocycles. The van der Waals surface area contributed by atoms with Crippen molar-refractivity contribution < 1.29 is 9.59 Å². The maximum Gasteiger partial charge on any atom is 0.242 e. The van der Waals surface area contributed by atoms with Gasteiger partial charge in [-0.15, -0.1) is 0 Å². The fourth-order valence-electron chi connectivity index (χ4n) is 4.06. The smallest absolute Gasteiger partial charge is 0.242 e. The van der Waals surface area contributed by atoms with Gasteiger partial charge < -0.3 is 15.5 Å². The van der Waals surface area contributed by atoms with Crippen LogP contribution in [-0.2, 0) is 9.59 Å². The molecule has 2 amide bonds. The van der Waals surface area contributed by atoms with Gasteiger partial charge in [0, 0.05) is 43.6 Å². The highest BCUT2D eigenvalue weighted by Gasteiger charge is 2.37. The molecule has 0 aromatic carbocycles. The number of nitrogens with zero attached hydrogens (tertiary/aromatic N) is 2. The van der Waals surface area contributed by atoms with Crippen molar-refractivity contribution in [1.29, 1.82) is 0 Å². The SMILES string of the molecule is Cc1cnccc1NCCNC(=O)[C@@H]1CCCN1C(=O)C1CCCCC1. The molecule has 2 N–H and O–H groups in total. The van der Waals surface area contributed by atoms with Gasteiger partial charge in [0.2, 0.25) is 11.8 Å². The van der Waals surface area contributed by atoms with Crippen molar-refractivity contribution in [3.8, 4) is 0 Å². The third-order valence-corrected chi connectivity index (χ3v) is 5.55. The van der Waals surface area contributed by atoms with Gasteiger partial charge in [-0.3, -0.25) is 14.6 Å². The molecular formula is C20H30N4O2. The van der Waals surface area contributed by atoms with Crippen LogP contribution in [0.1, 0.15) is 50.5 Å². The average molecular weight is 358 g/mol. The van der Waals surface area contributed by atoms with Gasteiger partial charge in [-0.05, 0) is 44.2 Å². The molecule has 2 heterocycles. The lowest BCUT2D eigenvalue weighted by Crippen LogP contribution is -2.48. The molecule has 3 rings (SSSR count). The Morgan fingerprint density at radius 1 is 1.15 bits per heavy atom. The summed E-state index contributed by atoms with van der Waals surface area (Å²) in [4.78, 5) is 31.3. The molecule has 0 bridgehead atoms. The third-order valence-electron chi connectivity index (χ3n) is 5.55. The summed E-state index contributed by atoms with van der Waals surface area (Å²) in [6.45, 7) is 3.92. The van der Waals surface area contributed by atoms with Gasteiger partial charge in [0.25, 0.3) is 0 Å². The van der Waals surface area contributed by atoms with Crippen LogP contribution in [0.5, 0.6) is 0 Å². The summed E-state index contributed by atoms with van der Waals surface area (Å²) < 4.78 is 0. The molecular weight excluding hydrogens is 328 g/mol. The van der Waals surface area contributed by atoms with Crippen molar-refractivity contribution in [3.05, 3.63) is 24.0 Å². The standard InChI is InChI=1S/C20H30N4O2/c1-15-14-21-10-9-17(15)22-11-12-23-19(25)18-8-5-13-24(18)20(26)16-6-3-2-4-7-16/h9-10,14,16,18H,2-8,11-13H2,1H3,(H,21,22)(H,23,25)/t18-/m0/s1. The molecule has 1 atom stereocenters. The quantitative estimate of drug-likeness (QED) is 0.766. The van der Waals surface area contributed by atoms with Crippen LogP contribution in [-0.4, -0.2) is 47.4 Å². The van der Waals surface area contributed by atoms with Gasteiger partial charge in [0.1, 0.15) is 6.04 Å². The lowest BCUT2D eigenvalue weighted by molar-refractivity contribution is -0.142. The summed E-state index contributed by atoms with van der Waals surface area (Å²) in [5.41, 5.74) is 2.11. The molecule has 1 aliphatic heterocycles. The molecule has 6 nitrogen and oxygen atoms in total. The maximum absolute atomic E-state index is 12.8. The van der Waals surface area contributed by atoms with Gasteiger partial charge in [0.05, 0.1) is 0 Å². The second-order valence-electron chi connectivity index (χ2n) is 7.43. The van der Waals surface area contributed by atoms with E-state index in [0.717, 1.165) is 56.3 Å². The maximum atomic E-state index is 12.8. The Morgan fingerprint density at radius 2 is 1.96 bits per heavy atom. The number of carbonyl (C=O) groups is 2. The van der Waals surface area contributed by atoms with E-state index in [1.165, 1.54) is 6.42 Å². The molecule has 2 aliphatic rings. The highest BCUT2D eigenvalue weighted by molar-refractivity contribution is 5.89. The van der Waals surface area contributed by atoms with Crippen LogP contribution < -0.4 is 10.6 Å². The zero-order valence-corrected chi connectivity index (χ0v) is 15.7. The number of anilines is 1. The fourth-order valence-corrected chi connectivity index (χ4v) is 4.06. The summed E-state index contributed by atoms with van der Waals surface area (Å²) >= 11 is 0. The molecule has 1 saturated heterocycles. The van der Waals surface area contributed by atoms with Crippen LogP contribution in [0.2, 0.25) is 0 Å². The van der Waals surface area contributed by atoms with Crippen molar-refractivity contribution in [3.63, 3.8) is 0 Å².